The number of para-hydroxylation sites is 1. The number of nitrogens with one attached hydrogen (secondary N) is 2. The van der Waals surface area contributed by atoms with E-state index in [-0.39, 0.29) is 5.91 Å². The second kappa shape index (κ2) is 6.38. The van der Waals surface area contributed by atoms with Gasteiger partial charge in [0.2, 0.25) is 0 Å². The Morgan fingerprint density at radius 3 is 2.73 bits per heavy atom. The number of nitriles is 1. The van der Waals surface area contributed by atoms with Crippen molar-refractivity contribution in [2.45, 2.75) is 13.3 Å². The number of nitrogens with zero attached hydrogens (tertiary/aromatic N) is 1. The summed E-state index contributed by atoms with van der Waals surface area (Å²) in [4.78, 5) is 15.9. The molecule has 0 fully saturated rings. The highest BCUT2D eigenvalue weighted by atomic mass is 16.1. The van der Waals surface area contributed by atoms with Crippen LogP contribution in [0.2, 0.25) is 0 Å². The molecule has 0 unspecified atom stereocenters. The van der Waals surface area contributed by atoms with Gasteiger partial charge in [0, 0.05) is 33.1 Å². The number of amides is 1. The molecular formula is C22H17N3O. The molecule has 4 rings (SSSR count). The van der Waals surface area contributed by atoms with Crippen LogP contribution in [-0.2, 0) is 6.42 Å². The maximum atomic E-state index is 12.5. The lowest BCUT2D eigenvalue weighted by Crippen LogP contribution is -2.11. The minimum absolute atomic E-state index is 0.230. The summed E-state index contributed by atoms with van der Waals surface area (Å²) in [6, 6.07) is 20.9. The lowest BCUT2D eigenvalue weighted by Gasteiger charge is -2.05. The first-order valence-corrected chi connectivity index (χ1v) is 8.54. The van der Waals surface area contributed by atoms with Crippen LogP contribution in [0.5, 0.6) is 0 Å². The van der Waals surface area contributed by atoms with Crippen molar-refractivity contribution in [3.05, 3.63) is 77.4 Å². The molecule has 0 aliphatic heterocycles. The molecule has 0 saturated heterocycles. The monoisotopic (exact) mass is 339 g/mol. The summed E-state index contributed by atoms with van der Waals surface area (Å²) in [6.45, 7) is 2.14. The number of aromatic amines is 1. The maximum Gasteiger partial charge on any atom is 0.255 e. The Bertz CT molecular complexity index is 1180. The van der Waals surface area contributed by atoms with Gasteiger partial charge in [0.15, 0.2) is 0 Å². The Labute approximate surface area is 151 Å². The lowest BCUT2D eigenvalue weighted by molar-refractivity contribution is 0.102. The zero-order chi connectivity index (χ0) is 18.1. The van der Waals surface area contributed by atoms with Gasteiger partial charge < -0.3 is 10.3 Å². The van der Waals surface area contributed by atoms with E-state index >= 15 is 0 Å². The normalized spacial score (nSPS) is 10.8. The van der Waals surface area contributed by atoms with E-state index in [9.17, 15) is 4.79 Å². The standard InChI is InChI=1S/C22H17N3O/c1-2-15-6-4-8-19-18-10-9-17(12-20(18)25-21(15)19)24-22(26)16-7-3-5-14(11-16)13-23/h3-12,25H,2H2,1H3,(H,24,26). The van der Waals surface area contributed by atoms with E-state index in [1.165, 1.54) is 10.9 Å². The second-order valence-corrected chi connectivity index (χ2v) is 6.23. The Kier molecular flexibility index (Phi) is 3.91. The van der Waals surface area contributed by atoms with Crippen LogP contribution in [0.15, 0.2) is 60.7 Å². The largest absolute Gasteiger partial charge is 0.354 e. The van der Waals surface area contributed by atoms with E-state index in [2.05, 4.69) is 41.5 Å². The van der Waals surface area contributed by atoms with E-state index < -0.39 is 0 Å². The van der Waals surface area contributed by atoms with Crippen molar-refractivity contribution in [3.63, 3.8) is 0 Å². The Balaban J connectivity index is 1.70. The summed E-state index contributed by atoms with van der Waals surface area (Å²) in [5.41, 5.74) is 5.07. The fourth-order valence-electron chi connectivity index (χ4n) is 3.30. The van der Waals surface area contributed by atoms with Crippen LogP contribution in [0.1, 0.15) is 28.4 Å². The topological polar surface area (TPSA) is 68.7 Å². The number of aryl methyl sites for hydroxylation is 1. The predicted octanol–water partition coefficient (Wildman–Crippen LogP) is 5.01. The first kappa shape index (κ1) is 15.9. The van der Waals surface area contributed by atoms with Crippen LogP contribution in [0, 0.1) is 11.3 Å². The van der Waals surface area contributed by atoms with Crippen molar-refractivity contribution in [1.29, 1.82) is 5.26 Å². The minimum atomic E-state index is -0.230. The molecule has 0 saturated carbocycles. The van der Waals surface area contributed by atoms with E-state index in [0.29, 0.717) is 11.1 Å². The second-order valence-electron chi connectivity index (χ2n) is 6.23. The molecule has 4 nitrogen and oxygen atoms in total. The molecule has 4 aromatic rings. The quantitative estimate of drug-likeness (QED) is 0.551. The van der Waals surface area contributed by atoms with Crippen molar-refractivity contribution in [1.82, 2.24) is 4.98 Å². The number of rotatable bonds is 3. The third-order valence-corrected chi connectivity index (χ3v) is 4.61. The molecule has 2 N–H and O–H groups in total. The molecular weight excluding hydrogens is 322 g/mol. The lowest BCUT2D eigenvalue weighted by atomic mass is 10.1. The molecule has 1 heterocycles. The van der Waals surface area contributed by atoms with Crippen LogP contribution < -0.4 is 5.32 Å². The molecule has 3 aromatic carbocycles. The summed E-state index contributed by atoms with van der Waals surface area (Å²) < 4.78 is 0. The molecule has 126 valence electrons. The van der Waals surface area contributed by atoms with Gasteiger partial charge >= 0.3 is 0 Å². The molecule has 1 aromatic heterocycles. The number of aromatic nitrogens is 1. The van der Waals surface area contributed by atoms with Crippen LogP contribution in [0.4, 0.5) is 5.69 Å². The summed E-state index contributed by atoms with van der Waals surface area (Å²) in [5.74, 6) is -0.230. The summed E-state index contributed by atoms with van der Waals surface area (Å²) in [7, 11) is 0. The van der Waals surface area contributed by atoms with Crippen molar-refractivity contribution in [2.75, 3.05) is 5.32 Å². The number of H-pyrrole nitrogens is 1. The van der Waals surface area contributed by atoms with Gasteiger partial charge in [-0.2, -0.15) is 5.26 Å². The van der Waals surface area contributed by atoms with E-state index in [4.69, 9.17) is 5.26 Å². The molecule has 4 heteroatoms. The average Bonchev–Trinajstić information content (AvgIpc) is 3.05. The highest BCUT2D eigenvalue weighted by Crippen LogP contribution is 2.29. The molecule has 0 aliphatic rings. The first-order chi connectivity index (χ1) is 12.7. The van der Waals surface area contributed by atoms with Gasteiger partial charge in [0.05, 0.1) is 11.6 Å². The van der Waals surface area contributed by atoms with E-state index in [0.717, 1.165) is 28.5 Å². The zero-order valence-electron chi connectivity index (χ0n) is 14.3. The number of anilines is 1. The minimum Gasteiger partial charge on any atom is -0.354 e. The summed E-state index contributed by atoms with van der Waals surface area (Å²) in [5, 5.41) is 14.2. The fourth-order valence-corrected chi connectivity index (χ4v) is 3.30. The molecule has 0 spiro atoms. The van der Waals surface area contributed by atoms with Gasteiger partial charge in [0.25, 0.3) is 5.91 Å². The van der Waals surface area contributed by atoms with Crippen molar-refractivity contribution < 1.29 is 4.79 Å². The van der Waals surface area contributed by atoms with Crippen molar-refractivity contribution in [2.24, 2.45) is 0 Å². The van der Waals surface area contributed by atoms with Gasteiger partial charge in [-0.3, -0.25) is 4.79 Å². The molecule has 0 bridgehead atoms. The van der Waals surface area contributed by atoms with Crippen LogP contribution in [0.25, 0.3) is 21.8 Å². The summed E-state index contributed by atoms with van der Waals surface area (Å²) >= 11 is 0. The van der Waals surface area contributed by atoms with Crippen molar-refractivity contribution >= 4 is 33.4 Å². The SMILES string of the molecule is CCc1cccc2c1[nH]c1cc(NC(=O)c3cccc(C#N)c3)ccc12. The highest BCUT2D eigenvalue weighted by Gasteiger charge is 2.10. The number of carbonyl (C=O) groups is 1. The Morgan fingerprint density at radius 1 is 1.08 bits per heavy atom. The van der Waals surface area contributed by atoms with Gasteiger partial charge in [-0.25, -0.2) is 0 Å². The van der Waals surface area contributed by atoms with Gasteiger partial charge in [-0.1, -0.05) is 37.3 Å². The van der Waals surface area contributed by atoms with Gasteiger partial charge in [0.1, 0.15) is 0 Å². The van der Waals surface area contributed by atoms with E-state index in [1.807, 2.05) is 18.2 Å². The van der Waals surface area contributed by atoms with Gasteiger partial charge in [-0.05, 0) is 42.3 Å². The third-order valence-electron chi connectivity index (χ3n) is 4.61. The van der Waals surface area contributed by atoms with E-state index in [1.54, 1.807) is 24.3 Å². The smallest absolute Gasteiger partial charge is 0.255 e. The molecule has 0 atom stereocenters. The maximum absolute atomic E-state index is 12.5. The molecule has 26 heavy (non-hydrogen) atoms. The molecule has 1 amide bonds. The highest BCUT2D eigenvalue weighted by molar-refractivity contribution is 6.10. The molecule has 0 aliphatic carbocycles. The molecule has 0 radical (unpaired) electrons. The number of hydrogen-bond acceptors (Lipinski definition) is 2. The zero-order valence-corrected chi connectivity index (χ0v) is 14.3. The van der Waals surface area contributed by atoms with Gasteiger partial charge in [-0.15, -0.1) is 0 Å². The summed E-state index contributed by atoms with van der Waals surface area (Å²) in [6.07, 6.45) is 0.961. The van der Waals surface area contributed by atoms with Crippen molar-refractivity contribution in [3.8, 4) is 6.07 Å². The predicted molar refractivity (Wildman–Crippen MR) is 104 cm³/mol. The number of hydrogen-bond donors (Lipinski definition) is 2. The third kappa shape index (κ3) is 2.70. The van der Waals surface area contributed by atoms with Crippen LogP contribution in [-0.4, -0.2) is 10.9 Å². The Morgan fingerprint density at radius 2 is 1.92 bits per heavy atom. The Hall–Kier alpha value is -3.58. The average molecular weight is 339 g/mol. The number of fused-ring (bicyclic) bond motifs is 3. The first-order valence-electron chi connectivity index (χ1n) is 8.54. The van der Waals surface area contributed by atoms with Crippen LogP contribution in [0.3, 0.4) is 0 Å². The number of carbonyl (C=O) groups excluding carboxylic acids is 1. The number of benzene rings is 3. The van der Waals surface area contributed by atoms with Crippen LogP contribution >= 0.6 is 0 Å². The fraction of sp³-hybridized carbons (Fsp3) is 0.0909.